The maximum Gasteiger partial charge on any atom is 0.0946 e. The van der Waals surface area contributed by atoms with Gasteiger partial charge in [-0.25, -0.2) is 10.4 Å². The number of allylic oxidation sites excluding steroid dienone is 1. The van der Waals surface area contributed by atoms with Gasteiger partial charge in [0, 0.05) is 7.05 Å². The smallest absolute Gasteiger partial charge is 0.0946 e. The molecule has 2 rings (SSSR count). The summed E-state index contributed by atoms with van der Waals surface area (Å²) >= 11 is 0. The predicted molar refractivity (Wildman–Crippen MR) is 59.8 cm³/mol. The number of hydrogen-bond donors (Lipinski definition) is 2. The van der Waals surface area contributed by atoms with Gasteiger partial charge in [0.1, 0.15) is 0 Å². The molecule has 0 amide bonds. The summed E-state index contributed by atoms with van der Waals surface area (Å²) in [6.45, 7) is 0. The van der Waals surface area contributed by atoms with E-state index in [1.807, 2.05) is 24.1 Å². The SMILES string of the molecule is Cn1cncc1C(NN)C1=CCCCC1. The zero-order valence-corrected chi connectivity index (χ0v) is 9.11. The largest absolute Gasteiger partial charge is 0.336 e. The molecule has 1 aromatic rings. The number of nitrogens with zero attached hydrogens (tertiary/aromatic N) is 2. The molecule has 1 aromatic heterocycles. The van der Waals surface area contributed by atoms with E-state index in [2.05, 4.69) is 16.5 Å². The first-order valence-electron chi connectivity index (χ1n) is 5.44. The van der Waals surface area contributed by atoms with Gasteiger partial charge in [0.2, 0.25) is 0 Å². The van der Waals surface area contributed by atoms with E-state index >= 15 is 0 Å². The Hall–Kier alpha value is -1.13. The number of rotatable bonds is 3. The van der Waals surface area contributed by atoms with E-state index in [0.717, 1.165) is 12.1 Å². The Balaban J connectivity index is 2.24. The second kappa shape index (κ2) is 4.59. The molecule has 0 radical (unpaired) electrons. The molecular weight excluding hydrogens is 188 g/mol. The van der Waals surface area contributed by atoms with Crippen molar-refractivity contribution in [2.45, 2.75) is 31.7 Å². The number of hydrogen-bond acceptors (Lipinski definition) is 3. The van der Waals surface area contributed by atoms with Crippen LogP contribution in [0.25, 0.3) is 0 Å². The summed E-state index contributed by atoms with van der Waals surface area (Å²) < 4.78 is 2.01. The molecule has 0 spiro atoms. The molecule has 0 saturated carbocycles. The maximum atomic E-state index is 5.63. The average molecular weight is 206 g/mol. The van der Waals surface area contributed by atoms with Crippen LogP contribution >= 0.6 is 0 Å². The molecule has 1 unspecified atom stereocenters. The van der Waals surface area contributed by atoms with Crippen LogP contribution in [0, 0.1) is 0 Å². The van der Waals surface area contributed by atoms with E-state index in [9.17, 15) is 0 Å². The highest BCUT2D eigenvalue weighted by atomic mass is 15.2. The van der Waals surface area contributed by atoms with Crippen LogP contribution in [0.5, 0.6) is 0 Å². The van der Waals surface area contributed by atoms with Crippen molar-refractivity contribution in [2.75, 3.05) is 0 Å². The number of aryl methyl sites for hydroxylation is 1. The van der Waals surface area contributed by atoms with Crippen LogP contribution < -0.4 is 11.3 Å². The van der Waals surface area contributed by atoms with E-state index in [-0.39, 0.29) is 6.04 Å². The lowest BCUT2D eigenvalue weighted by molar-refractivity contribution is 0.542. The summed E-state index contributed by atoms with van der Waals surface area (Å²) in [5, 5.41) is 0. The standard InChI is InChI=1S/C11H18N4/c1-15-8-13-7-10(15)11(14-12)9-5-3-2-4-6-9/h5,7-8,11,14H,2-4,6,12H2,1H3. The van der Waals surface area contributed by atoms with Crippen molar-refractivity contribution in [3.05, 3.63) is 29.9 Å². The highest BCUT2D eigenvalue weighted by molar-refractivity contribution is 5.22. The van der Waals surface area contributed by atoms with Crippen molar-refractivity contribution in [1.29, 1.82) is 0 Å². The van der Waals surface area contributed by atoms with Crippen LogP contribution in [-0.4, -0.2) is 9.55 Å². The summed E-state index contributed by atoms with van der Waals surface area (Å²) in [5.74, 6) is 5.63. The van der Waals surface area contributed by atoms with Gasteiger partial charge in [-0.15, -0.1) is 0 Å². The van der Waals surface area contributed by atoms with E-state index < -0.39 is 0 Å². The molecule has 1 atom stereocenters. The fraction of sp³-hybridized carbons (Fsp3) is 0.545. The number of imidazole rings is 1. The van der Waals surface area contributed by atoms with Crippen LogP contribution in [-0.2, 0) is 7.05 Å². The molecule has 4 nitrogen and oxygen atoms in total. The third-order valence-corrected chi connectivity index (χ3v) is 3.01. The molecule has 1 heterocycles. The summed E-state index contributed by atoms with van der Waals surface area (Å²) in [6.07, 6.45) is 10.9. The Kier molecular flexibility index (Phi) is 3.18. The van der Waals surface area contributed by atoms with Crippen LogP contribution in [0.2, 0.25) is 0 Å². The molecule has 82 valence electrons. The average Bonchev–Trinajstić information content (AvgIpc) is 2.68. The van der Waals surface area contributed by atoms with Gasteiger partial charge >= 0.3 is 0 Å². The van der Waals surface area contributed by atoms with Gasteiger partial charge in [-0.2, -0.15) is 0 Å². The lowest BCUT2D eigenvalue weighted by Gasteiger charge is -2.22. The molecule has 0 bridgehead atoms. The Bertz CT molecular complexity index is 353. The van der Waals surface area contributed by atoms with Crippen LogP contribution in [0.1, 0.15) is 37.4 Å². The third kappa shape index (κ3) is 2.11. The number of aromatic nitrogens is 2. The zero-order chi connectivity index (χ0) is 10.7. The zero-order valence-electron chi connectivity index (χ0n) is 9.11. The molecular formula is C11H18N4. The lowest BCUT2D eigenvalue weighted by atomic mass is 9.93. The van der Waals surface area contributed by atoms with Gasteiger partial charge in [0.25, 0.3) is 0 Å². The Morgan fingerprint density at radius 1 is 1.53 bits per heavy atom. The van der Waals surface area contributed by atoms with Crippen molar-refractivity contribution < 1.29 is 0 Å². The molecule has 0 aromatic carbocycles. The minimum Gasteiger partial charge on any atom is -0.336 e. The predicted octanol–water partition coefficient (Wildman–Crippen LogP) is 1.42. The first-order valence-corrected chi connectivity index (χ1v) is 5.44. The van der Waals surface area contributed by atoms with Crippen LogP contribution in [0.15, 0.2) is 24.2 Å². The van der Waals surface area contributed by atoms with Crippen molar-refractivity contribution in [1.82, 2.24) is 15.0 Å². The molecule has 3 N–H and O–H groups in total. The lowest BCUT2D eigenvalue weighted by Crippen LogP contribution is -2.31. The fourth-order valence-corrected chi connectivity index (χ4v) is 2.15. The highest BCUT2D eigenvalue weighted by Gasteiger charge is 2.19. The van der Waals surface area contributed by atoms with Crippen molar-refractivity contribution in [2.24, 2.45) is 12.9 Å². The first kappa shape index (κ1) is 10.4. The van der Waals surface area contributed by atoms with Crippen molar-refractivity contribution in [3.8, 4) is 0 Å². The Morgan fingerprint density at radius 3 is 2.93 bits per heavy atom. The van der Waals surface area contributed by atoms with Gasteiger partial charge in [0.05, 0.1) is 24.3 Å². The van der Waals surface area contributed by atoms with Crippen LogP contribution in [0.3, 0.4) is 0 Å². The fourth-order valence-electron chi connectivity index (χ4n) is 2.15. The molecule has 0 aliphatic heterocycles. The quantitative estimate of drug-likeness (QED) is 0.447. The van der Waals surface area contributed by atoms with Gasteiger partial charge in [-0.3, -0.25) is 5.84 Å². The molecule has 0 fully saturated rings. The van der Waals surface area contributed by atoms with Gasteiger partial charge in [-0.05, 0) is 25.7 Å². The monoisotopic (exact) mass is 206 g/mol. The van der Waals surface area contributed by atoms with Gasteiger partial charge < -0.3 is 4.57 Å². The molecule has 1 aliphatic rings. The summed E-state index contributed by atoms with van der Waals surface area (Å²) in [6, 6.07) is 0.123. The van der Waals surface area contributed by atoms with E-state index in [1.165, 1.54) is 24.8 Å². The second-order valence-electron chi connectivity index (χ2n) is 4.05. The van der Waals surface area contributed by atoms with E-state index in [1.54, 1.807) is 0 Å². The normalized spacial score (nSPS) is 18.7. The Morgan fingerprint density at radius 2 is 2.40 bits per heavy atom. The summed E-state index contributed by atoms with van der Waals surface area (Å²) in [7, 11) is 2.00. The van der Waals surface area contributed by atoms with Crippen molar-refractivity contribution >= 4 is 0 Å². The molecule has 0 saturated heterocycles. The van der Waals surface area contributed by atoms with Gasteiger partial charge in [0.15, 0.2) is 0 Å². The molecule has 15 heavy (non-hydrogen) atoms. The number of nitrogens with two attached hydrogens (primary N) is 1. The summed E-state index contributed by atoms with van der Waals surface area (Å²) in [4.78, 5) is 4.13. The van der Waals surface area contributed by atoms with Crippen molar-refractivity contribution in [3.63, 3.8) is 0 Å². The minimum atomic E-state index is 0.123. The van der Waals surface area contributed by atoms with Gasteiger partial charge in [-0.1, -0.05) is 11.6 Å². The first-order chi connectivity index (χ1) is 7.33. The van der Waals surface area contributed by atoms with Crippen LogP contribution in [0.4, 0.5) is 0 Å². The Labute approximate surface area is 90.2 Å². The van der Waals surface area contributed by atoms with E-state index in [4.69, 9.17) is 5.84 Å². The third-order valence-electron chi connectivity index (χ3n) is 3.01. The molecule has 1 aliphatic carbocycles. The number of nitrogens with one attached hydrogen (secondary N) is 1. The topological polar surface area (TPSA) is 55.9 Å². The maximum absolute atomic E-state index is 5.63. The second-order valence-corrected chi connectivity index (χ2v) is 4.05. The van der Waals surface area contributed by atoms with E-state index in [0.29, 0.717) is 0 Å². The number of hydrazine groups is 1. The summed E-state index contributed by atoms with van der Waals surface area (Å²) in [5.41, 5.74) is 5.41. The molecule has 4 heteroatoms. The highest BCUT2D eigenvalue weighted by Crippen LogP contribution is 2.28. The minimum absolute atomic E-state index is 0.123.